The summed E-state index contributed by atoms with van der Waals surface area (Å²) in [6.07, 6.45) is 1.26. The molecule has 0 aliphatic heterocycles. The van der Waals surface area contributed by atoms with Crippen LogP contribution in [0.3, 0.4) is 0 Å². The molecule has 5 rings (SSSR count). The van der Waals surface area contributed by atoms with Crippen molar-refractivity contribution in [3.63, 3.8) is 0 Å². The predicted molar refractivity (Wildman–Crippen MR) is 117 cm³/mol. The lowest BCUT2D eigenvalue weighted by Crippen LogP contribution is -2.42. The summed E-state index contributed by atoms with van der Waals surface area (Å²) in [6.45, 7) is 0. The minimum atomic E-state index is -1.37. The standard InChI is InChI=1S/C23H15F3N2O5S/c24-12-6-5-11(33-23(7-2-8-23)18-13(25)3-1-4-14(18)26)9-16(12)28-20(29)17-15(27-22(28)32)10-34-19(17)21(30)31/h1,3-6,9-10H,2,7-8H2,(H,27,32)(H,30,31). The normalized spacial score (nSPS) is 14.7. The lowest BCUT2D eigenvalue weighted by atomic mass is 9.74. The van der Waals surface area contributed by atoms with Gasteiger partial charge >= 0.3 is 11.7 Å². The molecule has 1 fully saturated rings. The number of thiophene rings is 1. The van der Waals surface area contributed by atoms with E-state index in [0.717, 1.165) is 35.6 Å². The number of carboxylic acid groups (broad SMARTS) is 1. The van der Waals surface area contributed by atoms with Crippen LogP contribution in [0.2, 0.25) is 0 Å². The molecule has 0 radical (unpaired) electrons. The average Bonchev–Trinajstić information content (AvgIpc) is 3.18. The number of aromatic amines is 1. The molecule has 0 saturated heterocycles. The minimum Gasteiger partial charge on any atom is -0.482 e. The maximum absolute atomic E-state index is 14.8. The minimum absolute atomic E-state index is 0.0184. The number of nitrogens with zero attached hydrogens (tertiary/aromatic N) is 1. The fourth-order valence-electron chi connectivity index (χ4n) is 4.20. The number of aromatic carboxylic acids is 1. The van der Waals surface area contributed by atoms with Crippen LogP contribution < -0.4 is 16.0 Å². The van der Waals surface area contributed by atoms with Crippen molar-refractivity contribution >= 4 is 28.2 Å². The Hall–Kier alpha value is -3.86. The third-order valence-electron chi connectivity index (χ3n) is 5.90. The molecule has 2 aromatic heterocycles. The number of rotatable bonds is 5. The second kappa shape index (κ2) is 7.87. The number of carbonyl (C=O) groups is 1. The molecule has 0 atom stereocenters. The number of hydrogen-bond acceptors (Lipinski definition) is 5. The Kier molecular flexibility index (Phi) is 5.08. The van der Waals surface area contributed by atoms with Crippen LogP contribution in [0.5, 0.6) is 5.75 Å². The van der Waals surface area contributed by atoms with Crippen molar-refractivity contribution in [3.8, 4) is 11.4 Å². The first-order chi connectivity index (χ1) is 16.2. The van der Waals surface area contributed by atoms with Crippen molar-refractivity contribution in [2.75, 3.05) is 0 Å². The highest BCUT2D eigenvalue weighted by Gasteiger charge is 2.45. The van der Waals surface area contributed by atoms with Crippen molar-refractivity contribution in [2.45, 2.75) is 24.9 Å². The van der Waals surface area contributed by atoms with Gasteiger partial charge in [-0.1, -0.05) is 6.07 Å². The summed E-state index contributed by atoms with van der Waals surface area (Å²) in [6, 6.07) is 6.73. The molecule has 1 saturated carbocycles. The van der Waals surface area contributed by atoms with Crippen LogP contribution in [0.15, 0.2) is 51.4 Å². The van der Waals surface area contributed by atoms with Gasteiger partial charge in [0.1, 0.15) is 33.7 Å². The maximum atomic E-state index is 14.8. The molecule has 2 N–H and O–H groups in total. The van der Waals surface area contributed by atoms with Gasteiger partial charge < -0.3 is 14.8 Å². The highest BCUT2D eigenvalue weighted by atomic mass is 32.1. The summed E-state index contributed by atoms with van der Waals surface area (Å²) >= 11 is 0.751. The van der Waals surface area contributed by atoms with Gasteiger partial charge in [-0.2, -0.15) is 0 Å². The quantitative estimate of drug-likeness (QED) is 0.436. The molecule has 0 amide bonds. The van der Waals surface area contributed by atoms with E-state index in [1.54, 1.807) is 0 Å². The highest BCUT2D eigenvalue weighted by Crippen LogP contribution is 2.47. The maximum Gasteiger partial charge on any atom is 0.346 e. The van der Waals surface area contributed by atoms with Crippen molar-refractivity contribution < 1.29 is 27.8 Å². The van der Waals surface area contributed by atoms with Crippen molar-refractivity contribution in [2.24, 2.45) is 0 Å². The van der Waals surface area contributed by atoms with Crippen molar-refractivity contribution in [3.05, 3.63) is 90.5 Å². The van der Waals surface area contributed by atoms with E-state index in [1.165, 1.54) is 17.5 Å². The van der Waals surface area contributed by atoms with E-state index < -0.39 is 46.0 Å². The van der Waals surface area contributed by atoms with Crippen LogP contribution in [0.1, 0.15) is 34.5 Å². The second-order valence-electron chi connectivity index (χ2n) is 7.89. The zero-order chi connectivity index (χ0) is 24.2. The van der Waals surface area contributed by atoms with Crippen molar-refractivity contribution in [1.82, 2.24) is 9.55 Å². The van der Waals surface area contributed by atoms with E-state index in [0.29, 0.717) is 23.8 Å². The summed E-state index contributed by atoms with van der Waals surface area (Å²) in [5, 5.41) is 10.4. The summed E-state index contributed by atoms with van der Waals surface area (Å²) in [4.78, 5) is 39.2. The van der Waals surface area contributed by atoms with Gasteiger partial charge in [-0.15, -0.1) is 11.3 Å². The van der Waals surface area contributed by atoms with E-state index in [4.69, 9.17) is 4.74 Å². The summed E-state index contributed by atoms with van der Waals surface area (Å²) in [5.74, 6) is -3.90. The molecule has 4 aromatic rings. The largest absolute Gasteiger partial charge is 0.482 e. The number of ether oxygens (including phenoxy) is 1. The molecule has 0 spiro atoms. The van der Waals surface area contributed by atoms with E-state index >= 15 is 0 Å². The SMILES string of the molecule is O=C(O)c1scc2[nH]c(=O)n(-c3cc(OC4(c5c(F)cccc5F)CCC4)ccc3F)c(=O)c12. The fraction of sp³-hybridized carbons (Fsp3) is 0.174. The van der Waals surface area contributed by atoms with Crippen LogP contribution in [0.25, 0.3) is 16.6 Å². The zero-order valence-electron chi connectivity index (χ0n) is 17.2. The second-order valence-corrected chi connectivity index (χ2v) is 8.77. The molecule has 174 valence electrons. The average molecular weight is 488 g/mol. The topological polar surface area (TPSA) is 101 Å². The third kappa shape index (κ3) is 3.31. The zero-order valence-corrected chi connectivity index (χ0v) is 18.0. The van der Waals surface area contributed by atoms with Crippen LogP contribution in [-0.2, 0) is 5.60 Å². The van der Waals surface area contributed by atoms with E-state index in [2.05, 4.69) is 4.98 Å². The monoisotopic (exact) mass is 488 g/mol. The first-order valence-corrected chi connectivity index (χ1v) is 11.0. The number of aromatic nitrogens is 2. The molecular weight excluding hydrogens is 473 g/mol. The first kappa shape index (κ1) is 22.0. The fourth-order valence-corrected chi connectivity index (χ4v) is 5.03. The van der Waals surface area contributed by atoms with Gasteiger partial charge in [0.2, 0.25) is 0 Å². The van der Waals surface area contributed by atoms with Crippen molar-refractivity contribution in [1.29, 1.82) is 0 Å². The first-order valence-electron chi connectivity index (χ1n) is 10.1. The molecule has 2 aromatic carbocycles. The summed E-state index contributed by atoms with van der Waals surface area (Å²) < 4.78 is 50.2. The number of hydrogen-bond donors (Lipinski definition) is 2. The summed E-state index contributed by atoms with van der Waals surface area (Å²) in [5.41, 5.74) is -4.04. The highest BCUT2D eigenvalue weighted by molar-refractivity contribution is 7.13. The lowest BCUT2D eigenvalue weighted by Gasteiger charge is -2.42. The molecule has 11 heteroatoms. The number of benzene rings is 2. The Bertz CT molecular complexity index is 1570. The molecule has 7 nitrogen and oxygen atoms in total. The lowest BCUT2D eigenvalue weighted by molar-refractivity contribution is -0.0185. The van der Waals surface area contributed by atoms with Crippen LogP contribution in [0, 0.1) is 17.5 Å². The Morgan fingerprint density at radius 3 is 2.41 bits per heavy atom. The van der Waals surface area contributed by atoms with E-state index in [9.17, 15) is 32.7 Å². The molecule has 1 aliphatic rings. The third-order valence-corrected chi connectivity index (χ3v) is 6.87. The van der Waals surface area contributed by atoms with Gasteiger partial charge in [-0.3, -0.25) is 4.79 Å². The van der Waals surface area contributed by atoms with Gasteiger partial charge in [-0.05, 0) is 43.5 Å². The summed E-state index contributed by atoms with van der Waals surface area (Å²) in [7, 11) is 0. The number of halogens is 3. The van der Waals surface area contributed by atoms with Gasteiger partial charge in [-0.25, -0.2) is 27.3 Å². The number of carboxylic acids is 1. The number of fused-ring (bicyclic) bond motifs is 1. The van der Waals surface area contributed by atoms with E-state index in [-0.39, 0.29) is 27.1 Å². The smallest absolute Gasteiger partial charge is 0.346 e. The molecule has 2 heterocycles. The van der Waals surface area contributed by atoms with Gasteiger partial charge in [0, 0.05) is 11.4 Å². The van der Waals surface area contributed by atoms with Crippen LogP contribution >= 0.6 is 11.3 Å². The van der Waals surface area contributed by atoms with E-state index in [1.807, 2.05) is 0 Å². The molecule has 0 unspecified atom stereocenters. The molecule has 34 heavy (non-hydrogen) atoms. The van der Waals surface area contributed by atoms with Crippen LogP contribution in [-0.4, -0.2) is 20.6 Å². The molecule has 0 bridgehead atoms. The van der Waals surface area contributed by atoms with Crippen LogP contribution in [0.4, 0.5) is 13.2 Å². The van der Waals surface area contributed by atoms with Gasteiger partial charge in [0.15, 0.2) is 0 Å². The number of H-pyrrole nitrogens is 1. The Balaban J connectivity index is 1.64. The van der Waals surface area contributed by atoms with Gasteiger partial charge in [0.05, 0.1) is 22.2 Å². The predicted octanol–water partition coefficient (Wildman–Crippen LogP) is 4.31. The Labute approximate surface area is 192 Å². The molecule has 1 aliphatic carbocycles. The Morgan fingerprint density at radius 1 is 1.09 bits per heavy atom. The Morgan fingerprint density at radius 2 is 1.79 bits per heavy atom. The van der Waals surface area contributed by atoms with Gasteiger partial charge in [0.25, 0.3) is 5.56 Å². The number of nitrogens with one attached hydrogen (secondary N) is 1. The molecular formula is C23H15F3N2O5S.